The second kappa shape index (κ2) is 4.89. The van der Waals surface area contributed by atoms with E-state index in [0.717, 1.165) is 0 Å². The maximum Gasteiger partial charge on any atom is 0.141 e. The first kappa shape index (κ1) is 11.5. The molecule has 0 saturated heterocycles. The van der Waals surface area contributed by atoms with Crippen molar-refractivity contribution in [2.45, 2.75) is 5.92 Å². The summed E-state index contributed by atoms with van der Waals surface area (Å²) in [5.41, 5.74) is 1.17. The standard InChI is InChI=1S/C12H7ClFN3/c13-10-5-8(1-2-11(10)14)9(6-15)12-3-4-16-7-17-12/h1-5,7,9H. The van der Waals surface area contributed by atoms with Crippen molar-refractivity contribution in [1.29, 1.82) is 5.26 Å². The van der Waals surface area contributed by atoms with Gasteiger partial charge in [-0.1, -0.05) is 17.7 Å². The van der Waals surface area contributed by atoms with Crippen molar-refractivity contribution in [3.05, 3.63) is 58.9 Å². The molecule has 1 unspecified atom stereocenters. The Labute approximate surface area is 103 Å². The van der Waals surface area contributed by atoms with Crippen molar-refractivity contribution in [1.82, 2.24) is 9.97 Å². The molecule has 1 aromatic carbocycles. The van der Waals surface area contributed by atoms with Crippen LogP contribution in [0.2, 0.25) is 5.02 Å². The van der Waals surface area contributed by atoms with E-state index >= 15 is 0 Å². The zero-order valence-electron chi connectivity index (χ0n) is 8.64. The summed E-state index contributed by atoms with van der Waals surface area (Å²) in [5.74, 6) is -1.08. The van der Waals surface area contributed by atoms with Crippen LogP contribution in [-0.4, -0.2) is 9.97 Å². The quantitative estimate of drug-likeness (QED) is 0.820. The molecule has 0 radical (unpaired) electrons. The van der Waals surface area contributed by atoms with Gasteiger partial charge in [-0.15, -0.1) is 0 Å². The van der Waals surface area contributed by atoms with Crippen molar-refractivity contribution in [3.63, 3.8) is 0 Å². The molecule has 5 heteroatoms. The monoisotopic (exact) mass is 247 g/mol. The molecule has 0 aliphatic carbocycles. The van der Waals surface area contributed by atoms with Crippen LogP contribution in [0.4, 0.5) is 4.39 Å². The molecule has 0 N–H and O–H groups in total. The van der Waals surface area contributed by atoms with Gasteiger partial charge in [0.05, 0.1) is 16.8 Å². The maximum absolute atomic E-state index is 13.0. The fraction of sp³-hybridized carbons (Fsp3) is 0.0833. The van der Waals surface area contributed by atoms with Crippen LogP contribution in [0.1, 0.15) is 17.2 Å². The molecular formula is C12H7ClFN3. The normalized spacial score (nSPS) is 11.8. The third-order valence-electron chi connectivity index (χ3n) is 2.31. The minimum atomic E-state index is -0.573. The van der Waals surface area contributed by atoms with Crippen molar-refractivity contribution in [3.8, 4) is 6.07 Å². The highest BCUT2D eigenvalue weighted by molar-refractivity contribution is 6.30. The van der Waals surface area contributed by atoms with Crippen molar-refractivity contribution in [2.24, 2.45) is 0 Å². The Bertz CT molecular complexity index is 566. The lowest BCUT2D eigenvalue weighted by Crippen LogP contribution is -2.01. The van der Waals surface area contributed by atoms with Gasteiger partial charge in [0, 0.05) is 6.20 Å². The molecule has 0 spiro atoms. The van der Waals surface area contributed by atoms with Crippen LogP contribution < -0.4 is 0 Å². The molecule has 1 aromatic heterocycles. The van der Waals surface area contributed by atoms with Gasteiger partial charge in [-0.25, -0.2) is 14.4 Å². The van der Waals surface area contributed by atoms with E-state index in [1.165, 1.54) is 24.5 Å². The van der Waals surface area contributed by atoms with Crippen LogP contribution in [0.3, 0.4) is 0 Å². The summed E-state index contributed by atoms with van der Waals surface area (Å²) in [5, 5.41) is 9.14. The van der Waals surface area contributed by atoms with Crippen LogP contribution in [0.5, 0.6) is 0 Å². The number of halogens is 2. The smallest absolute Gasteiger partial charge is 0.141 e. The first-order valence-corrected chi connectivity index (χ1v) is 5.20. The molecule has 1 heterocycles. The summed E-state index contributed by atoms with van der Waals surface area (Å²) in [6, 6.07) is 7.96. The van der Waals surface area contributed by atoms with Crippen LogP contribution in [-0.2, 0) is 0 Å². The van der Waals surface area contributed by atoms with E-state index in [1.54, 1.807) is 12.3 Å². The van der Waals surface area contributed by atoms with Crippen molar-refractivity contribution < 1.29 is 4.39 Å². The molecule has 17 heavy (non-hydrogen) atoms. The molecule has 0 aliphatic heterocycles. The first-order valence-electron chi connectivity index (χ1n) is 4.83. The molecule has 0 saturated carbocycles. The lowest BCUT2D eigenvalue weighted by atomic mass is 9.97. The number of nitrogens with zero attached hydrogens (tertiary/aromatic N) is 3. The molecule has 1 atom stereocenters. The van der Waals surface area contributed by atoms with Crippen LogP contribution in [0, 0.1) is 17.1 Å². The third kappa shape index (κ3) is 2.40. The fourth-order valence-electron chi connectivity index (χ4n) is 1.48. The number of benzene rings is 1. The highest BCUT2D eigenvalue weighted by Crippen LogP contribution is 2.25. The first-order chi connectivity index (χ1) is 8.22. The molecule has 3 nitrogen and oxygen atoms in total. The number of aromatic nitrogens is 2. The molecule has 0 bridgehead atoms. The van der Waals surface area contributed by atoms with E-state index in [2.05, 4.69) is 16.0 Å². The average molecular weight is 248 g/mol. The van der Waals surface area contributed by atoms with E-state index in [1.807, 2.05) is 0 Å². The highest BCUT2D eigenvalue weighted by atomic mass is 35.5. The largest absolute Gasteiger partial charge is 0.245 e. The van der Waals surface area contributed by atoms with E-state index in [9.17, 15) is 4.39 Å². The number of hydrogen-bond acceptors (Lipinski definition) is 3. The van der Waals surface area contributed by atoms with Gasteiger partial charge in [-0.3, -0.25) is 0 Å². The third-order valence-corrected chi connectivity index (χ3v) is 2.60. The molecule has 0 fully saturated rings. The lowest BCUT2D eigenvalue weighted by Gasteiger charge is -2.08. The number of rotatable bonds is 2. The Balaban J connectivity index is 2.44. The predicted octanol–water partition coefficient (Wildman–Crippen LogP) is 2.92. The van der Waals surface area contributed by atoms with E-state index < -0.39 is 11.7 Å². The fourth-order valence-corrected chi connectivity index (χ4v) is 1.66. The van der Waals surface area contributed by atoms with Gasteiger partial charge >= 0.3 is 0 Å². The Morgan fingerprint density at radius 2 is 2.18 bits per heavy atom. The zero-order valence-corrected chi connectivity index (χ0v) is 9.39. The summed E-state index contributed by atoms with van der Waals surface area (Å²) in [6.07, 6.45) is 2.92. The highest BCUT2D eigenvalue weighted by Gasteiger charge is 2.15. The Morgan fingerprint density at radius 3 is 2.76 bits per heavy atom. The molecule has 0 aliphatic rings. The minimum absolute atomic E-state index is 0.00296. The Hall–Kier alpha value is -1.99. The summed E-state index contributed by atoms with van der Waals surface area (Å²) < 4.78 is 13.0. The van der Waals surface area contributed by atoms with E-state index in [-0.39, 0.29) is 5.02 Å². The molecule has 2 aromatic rings. The Morgan fingerprint density at radius 1 is 1.35 bits per heavy atom. The molecule has 2 rings (SSSR count). The van der Waals surface area contributed by atoms with Gasteiger partial charge in [0.25, 0.3) is 0 Å². The summed E-state index contributed by atoms with van der Waals surface area (Å²) in [4.78, 5) is 7.79. The molecule has 0 amide bonds. The van der Waals surface area contributed by atoms with Crippen molar-refractivity contribution >= 4 is 11.6 Å². The van der Waals surface area contributed by atoms with Gasteiger partial charge in [0.2, 0.25) is 0 Å². The van der Waals surface area contributed by atoms with Crippen LogP contribution >= 0.6 is 11.6 Å². The predicted molar refractivity (Wildman–Crippen MR) is 60.9 cm³/mol. The minimum Gasteiger partial charge on any atom is -0.245 e. The summed E-state index contributed by atoms with van der Waals surface area (Å²) >= 11 is 5.69. The topological polar surface area (TPSA) is 49.6 Å². The van der Waals surface area contributed by atoms with Gasteiger partial charge in [0.1, 0.15) is 18.1 Å². The van der Waals surface area contributed by atoms with Crippen molar-refractivity contribution in [2.75, 3.05) is 0 Å². The zero-order chi connectivity index (χ0) is 12.3. The van der Waals surface area contributed by atoms with Gasteiger partial charge < -0.3 is 0 Å². The molecular weight excluding hydrogens is 241 g/mol. The van der Waals surface area contributed by atoms with E-state index in [4.69, 9.17) is 16.9 Å². The SMILES string of the molecule is N#CC(c1ccc(F)c(Cl)c1)c1ccncn1. The second-order valence-corrected chi connectivity index (χ2v) is 3.78. The van der Waals surface area contributed by atoms with Gasteiger partial charge in [-0.2, -0.15) is 5.26 Å². The van der Waals surface area contributed by atoms with Crippen LogP contribution in [0.25, 0.3) is 0 Å². The summed E-state index contributed by atoms with van der Waals surface area (Å²) in [6.45, 7) is 0. The van der Waals surface area contributed by atoms with Crippen LogP contribution in [0.15, 0.2) is 36.8 Å². The Kier molecular flexibility index (Phi) is 3.31. The lowest BCUT2D eigenvalue weighted by molar-refractivity contribution is 0.627. The average Bonchev–Trinajstić information content (AvgIpc) is 2.36. The van der Waals surface area contributed by atoms with E-state index in [0.29, 0.717) is 11.3 Å². The summed E-state index contributed by atoms with van der Waals surface area (Å²) in [7, 11) is 0. The molecule has 84 valence electrons. The van der Waals surface area contributed by atoms with Gasteiger partial charge in [0.15, 0.2) is 0 Å². The number of nitriles is 1. The maximum atomic E-state index is 13.0. The van der Waals surface area contributed by atoms with Gasteiger partial charge in [-0.05, 0) is 23.8 Å². The second-order valence-electron chi connectivity index (χ2n) is 3.37. The number of hydrogen-bond donors (Lipinski definition) is 0.